The summed E-state index contributed by atoms with van der Waals surface area (Å²) in [5, 5.41) is 16.8. The summed E-state index contributed by atoms with van der Waals surface area (Å²) >= 11 is 0. The van der Waals surface area contributed by atoms with Crippen molar-refractivity contribution in [2.45, 2.75) is 33.2 Å². The van der Waals surface area contributed by atoms with E-state index in [0.29, 0.717) is 25.4 Å². The molecule has 2 N–H and O–H groups in total. The van der Waals surface area contributed by atoms with Crippen LogP contribution in [-0.2, 0) is 4.79 Å². The predicted octanol–water partition coefficient (Wildman–Crippen LogP) is 2.41. The van der Waals surface area contributed by atoms with Crippen LogP contribution < -0.4 is 10.6 Å². The zero-order valence-corrected chi connectivity index (χ0v) is 12.8. The van der Waals surface area contributed by atoms with Crippen LogP contribution >= 0.6 is 0 Å². The molecule has 0 bridgehead atoms. The van der Waals surface area contributed by atoms with Gasteiger partial charge in [-0.3, -0.25) is 14.9 Å². The Hall–Kier alpha value is -1.95. The Bertz CT molecular complexity index is 489. The molecule has 0 aromatic heterocycles. The van der Waals surface area contributed by atoms with Crippen LogP contribution in [0.4, 0.5) is 5.69 Å². The molecule has 1 amide bonds. The smallest absolute Gasteiger partial charge is 0.269 e. The van der Waals surface area contributed by atoms with Gasteiger partial charge in [0.05, 0.1) is 4.92 Å². The fraction of sp³-hybridized carbons (Fsp3) is 0.533. The van der Waals surface area contributed by atoms with E-state index in [9.17, 15) is 14.9 Å². The number of non-ortho nitro benzene ring substituents is 1. The van der Waals surface area contributed by atoms with Crippen LogP contribution in [-0.4, -0.2) is 23.9 Å². The van der Waals surface area contributed by atoms with E-state index in [1.165, 1.54) is 6.07 Å². The number of carbonyl (C=O) groups excluding carboxylic acids is 1. The van der Waals surface area contributed by atoms with E-state index in [2.05, 4.69) is 10.6 Å². The van der Waals surface area contributed by atoms with E-state index in [0.717, 1.165) is 5.56 Å². The number of benzene rings is 1. The summed E-state index contributed by atoms with van der Waals surface area (Å²) in [6.45, 7) is 7.23. The molecule has 6 nitrogen and oxygen atoms in total. The first-order valence-corrected chi connectivity index (χ1v) is 7.14. The summed E-state index contributed by atoms with van der Waals surface area (Å²) in [6.07, 6.45) is 0.395. The standard InChI is InChI=1S/C15H23N3O3/c1-11(2)10-17-15(19)7-8-16-12(3)13-5-4-6-14(9-13)18(20)21/h4-6,9,11-12,16H,7-8,10H2,1-3H3,(H,17,19). The van der Waals surface area contributed by atoms with E-state index < -0.39 is 4.92 Å². The average Bonchev–Trinajstić information content (AvgIpc) is 2.45. The van der Waals surface area contributed by atoms with Gasteiger partial charge in [-0.2, -0.15) is 0 Å². The van der Waals surface area contributed by atoms with E-state index in [1.54, 1.807) is 12.1 Å². The van der Waals surface area contributed by atoms with Crippen LogP contribution in [0.2, 0.25) is 0 Å². The van der Waals surface area contributed by atoms with E-state index in [4.69, 9.17) is 0 Å². The molecule has 1 atom stereocenters. The molecular weight excluding hydrogens is 270 g/mol. The number of rotatable bonds is 8. The van der Waals surface area contributed by atoms with Gasteiger partial charge in [-0.15, -0.1) is 0 Å². The van der Waals surface area contributed by atoms with Gasteiger partial charge in [0.15, 0.2) is 0 Å². The molecule has 0 spiro atoms. The second-order valence-corrected chi connectivity index (χ2v) is 5.48. The number of hydrogen-bond acceptors (Lipinski definition) is 4. The van der Waals surface area contributed by atoms with Crippen LogP contribution in [0.3, 0.4) is 0 Å². The number of nitrogens with zero attached hydrogens (tertiary/aromatic N) is 1. The minimum absolute atomic E-state index is 0.0162. The highest BCUT2D eigenvalue weighted by Gasteiger charge is 2.11. The molecule has 6 heteroatoms. The third-order valence-corrected chi connectivity index (χ3v) is 3.09. The fourth-order valence-corrected chi connectivity index (χ4v) is 1.83. The quantitative estimate of drug-likeness (QED) is 0.569. The van der Waals surface area contributed by atoms with Gasteiger partial charge in [0.2, 0.25) is 5.91 Å². The molecule has 21 heavy (non-hydrogen) atoms. The molecule has 1 aromatic rings. The summed E-state index contributed by atoms with van der Waals surface area (Å²) < 4.78 is 0. The SMILES string of the molecule is CC(C)CNC(=O)CCNC(C)c1cccc([N+](=O)[O-])c1. The van der Waals surface area contributed by atoms with Crippen molar-refractivity contribution in [3.05, 3.63) is 39.9 Å². The molecule has 0 radical (unpaired) electrons. The minimum atomic E-state index is -0.407. The zero-order valence-electron chi connectivity index (χ0n) is 12.8. The maximum Gasteiger partial charge on any atom is 0.269 e. The molecule has 0 aliphatic rings. The largest absolute Gasteiger partial charge is 0.356 e. The van der Waals surface area contributed by atoms with Crippen molar-refractivity contribution in [1.29, 1.82) is 0 Å². The van der Waals surface area contributed by atoms with Gasteiger partial charge in [0.1, 0.15) is 0 Å². The fourth-order valence-electron chi connectivity index (χ4n) is 1.83. The summed E-state index contributed by atoms with van der Waals surface area (Å²) in [5.41, 5.74) is 0.919. The average molecular weight is 293 g/mol. The summed E-state index contributed by atoms with van der Waals surface area (Å²) in [5.74, 6) is 0.452. The molecule has 0 saturated heterocycles. The third-order valence-electron chi connectivity index (χ3n) is 3.09. The normalized spacial score (nSPS) is 12.2. The molecule has 0 aliphatic carbocycles. The maximum absolute atomic E-state index is 11.6. The first kappa shape index (κ1) is 17.1. The van der Waals surface area contributed by atoms with Crippen molar-refractivity contribution in [3.8, 4) is 0 Å². The first-order chi connectivity index (χ1) is 9.90. The molecule has 1 unspecified atom stereocenters. The highest BCUT2D eigenvalue weighted by molar-refractivity contribution is 5.76. The van der Waals surface area contributed by atoms with Crippen LogP contribution in [0.25, 0.3) is 0 Å². The van der Waals surface area contributed by atoms with Crippen LogP contribution in [0.5, 0.6) is 0 Å². The van der Waals surface area contributed by atoms with Crippen LogP contribution in [0, 0.1) is 16.0 Å². The molecule has 1 aromatic carbocycles. The minimum Gasteiger partial charge on any atom is -0.356 e. The lowest BCUT2D eigenvalue weighted by Gasteiger charge is -2.14. The van der Waals surface area contributed by atoms with Crippen molar-refractivity contribution >= 4 is 11.6 Å². The lowest BCUT2D eigenvalue weighted by molar-refractivity contribution is -0.384. The monoisotopic (exact) mass is 293 g/mol. The van der Waals surface area contributed by atoms with Gasteiger partial charge in [0.25, 0.3) is 5.69 Å². The van der Waals surface area contributed by atoms with Gasteiger partial charge >= 0.3 is 0 Å². The van der Waals surface area contributed by atoms with Gasteiger partial charge in [-0.05, 0) is 18.4 Å². The topological polar surface area (TPSA) is 84.3 Å². The Labute approximate surface area is 125 Å². The van der Waals surface area contributed by atoms with Gasteiger partial charge < -0.3 is 10.6 Å². The molecule has 0 heterocycles. The van der Waals surface area contributed by atoms with Crippen LogP contribution in [0.1, 0.15) is 38.8 Å². The Morgan fingerprint density at radius 3 is 2.67 bits per heavy atom. The summed E-state index contributed by atoms with van der Waals surface area (Å²) in [6, 6.07) is 6.49. The van der Waals surface area contributed by atoms with Crippen molar-refractivity contribution in [2.24, 2.45) is 5.92 Å². The van der Waals surface area contributed by atoms with Crippen molar-refractivity contribution in [2.75, 3.05) is 13.1 Å². The zero-order chi connectivity index (χ0) is 15.8. The van der Waals surface area contributed by atoms with E-state index in [1.807, 2.05) is 26.8 Å². The van der Waals surface area contributed by atoms with Gasteiger partial charge in [-0.25, -0.2) is 0 Å². The van der Waals surface area contributed by atoms with E-state index >= 15 is 0 Å². The number of amides is 1. The Morgan fingerprint density at radius 1 is 1.33 bits per heavy atom. The second-order valence-electron chi connectivity index (χ2n) is 5.48. The Kier molecular flexibility index (Phi) is 6.81. The Balaban J connectivity index is 2.40. The van der Waals surface area contributed by atoms with Crippen molar-refractivity contribution in [1.82, 2.24) is 10.6 Å². The van der Waals surface area contributed by atoms with Crippen molar-refractivity contribution < 1.29 is 9.72 Å². The highest BCUT2D eigenvalue weighted by atomic mass is 16.6. The number of carbonyl (C=O) groups is 1. The van der Waals surface area contributed by atoms with Crippen LogP contribution in [0.15, 0.2) is 24.3 Å². The third kappa shape index (κ3) is 6.35. The molecule has 0 fully saturated rings. The van der Waals surface area contributed by atoms with Crippen molar-refractivity contribution in [3.63, 3.8) is 0 Å². The lowest BCUT2D eigenvalue weighted by Crippen LogP contribution is -2.31. The molecule has 1 rings (SSSR count). The molecular formula is C15H23N3O3. The predicted molar refractivity (Wildman–Crippen MR) is 82.0 cm³/mol. The maximum atomic E-state index is 11.6. The number of hydrogen-bond donors (Lipinski definition) is 2. The molecule has 116 valence electrons. The second kappa shape index (κ2) is 8.36. The molecule has 0 saturated carbocycles. The first-order valence-electron chi connectivity index (χ1n) is 7.14. The number of nitro groups is 1. The van der Waals surface area contributed by atoms with E-state index in [-0.39, 0.29) is 17.6 Å². The lowest BCUT2D eigenvalue weighted by atomic mass is 10.1. The Morgan fingerprint density at radius 2 is 2.05 bits per heavy atom. The summed E-state index contributed by atoms with van der Waals surface area (Å²) in [4.78, 5) is 21.9. The number of nitro benzene ring substituents is 1. The van der Waals surface area contributed by atoms with Gasteiger partial charge in [0, 0.05) is 37.7 Å². The van der Waals surface area contributed by atoms with Gasteiger partial charge in [-0.1, -0.05) is 26.0 Å². The number of nitrogens with one attached hydrogen (secondary N) is 2. The molecule has 0 aliphatic heterocycles. The summed E-state index contributed by atoms with van der Waals surface area (Å²) in [7, 11) is 0. The highest BCUT2D eigenvalue weighted by Crippen LogP contribution is 2.18.